The molecule has 3 nitrogen and oxygen atoms in total. The molecular weight excluding hydrogens is 336 g/mol. The van der Waals surface area contributed by atoms with Crippen molar-refractivity contribution in [1.82, 2.24) is 0 Å². The summed E-state index contributed by atoms with van der Waals surface area (Å²) in [6.07, 6.45) is 0.516. The van der Waals surface area contributed by atoms with Crippen LogP contribution in [0.3, 0.4) is 0 Å². The monoisotopic (exact) mass is 358 g/mol. The minimum Gasteiger partial charge on any atom is -0.461 e. The van der Waals surface area contributed by atoms with Crippen molar-refractivity contribution in [2.75, 3.05) is 0 Å². The summed E-state index contributed by atoms with van der Waals surface area (Å²) >= 11 is 0. The van der Waals surface area contributed by atoms with E-state index in [4.69, 9.17) is 9.47 Å². The van der Waals surface area contributed by atoms with Gasteiger partial charge in [-0.25, -0.2) is 4.79 Å². The van der Waals surface area contributed by atoms with E-state index < -0.39 is 0 Å². The van der Waals surface area contributed by atoms with Crippen LogP contribution in [0.5, 0.6) is 5.75 Å². The van der Waals surface area contributed by atoms with Crippen molar-refractivity contribution in [2.45, 2.75) is 20.0 Å². The van der Waals surface area contributed by atoms with E-state index in [1.54, 1.807) is 6.92 Å². The molecule has 0 saturated carbocycles. The highest BCUT2D eigenvalue weighted by Gasteiger charge is 2.15. The predicted molar refractivity (Wildman–Crippen MR) is 106 cm³/mol. The molecule has 0 radical (unpaired) electrons. The van der Waals surface area contributed by atoms with Gasteiger partial charge in [-0.2, -0.15) is 0 Å². The molecule has 0 N–H and O–H groups in total. The molecule has 3 heteroatoms. The van der Waals surface area contributed by atoms with Crippen molar-refractivity contribution in [3.8, 4) is 5.75 Å². The van der Waals surface area contributed by atoms with Crippen LogP contribution in [-0.2, 0) is 22.6 Å². The standard InChI is InChI=1S/C24H22O3/c1-19(24(25)26-18-21-13-7-3-8-14-21)23(17-20-11-5-2-6-12-20)27-22-15-9-4-10-16-22/h2-16H,17-18H2,1H3. The summed E-state index contributed by atoms with van der Waals surface area (Å²) in [5.74, 6) is 0.907. The fourth-order valence-electron chi connectivity index (χ4n) is 2.60. The molecule has 0 bridgehead atoms. The molecule has 27 heavy (non-hydrogen) atoms. The number of hydrogen-bond donors (Lipinski definition) is 0. The SMILES string of the molecule is CC(C(=O)OCc1ccccc1)=C(Cc1ccccc1)Oc1ccccc1. The highest BCUT2D eigenvalue weighted by atomic mass is 16.5. The van der Waals surface area contributed by atoms with Gasteiger partial charge in [-0.3, -0.25) is 0 Å². The summed E-state index contributed by atoms with van der Waals surface area (Å²) in [5.41, 5.74) is 2.49. The highest BCUT2D eigenvalue weighted by molar-refractivity contribution is 5.88. The van der Waals surface area contributed by atoms with E-state index in [1.807, 2.05) is 91.0 Å². The molecule has 3 aromatic rings. The normalized spacial score (nSPS) is 11.4. The molecule has 0 heterocycles. The molecular formula is C24H22O3. The van der Waals surface area contributed by atoms with Crippen LogP contribution in [0.1, 0.15) is 18.1 Å². The fraction of sp³-hybridized carbons (Fsp3) is 0.125. The average molecular weight is 358 g/mol. The van der Waals surface area contributed by atoms with Crippen LogP contribution < -0.4 is 4.74 Å². The van der Waals surface area contributed by atoms with Gasteiger partial charge >= 0.3 is 5.97 Å². The number of allylic oxidation sites excluding steroid dienone is 1. The van der Waals surface area contributed by atoms with E-state index in [2.05, 4.69) is 0 Å². The second-order valence-corrected chi connectivity index (χ2v) is 6.19. The zero-order valence-corrected chi connectivity index (χ0v) is 15.3. The van der Waals surface area contributed by atoms with E-state index in [9.17, 15) is 4.79 Å². The first-order valence-corrected chi connectivity index (χ1v) is 8.90. The van der Waals surface area contributed by atoms with Gasteiger partial charge in [0, 0.05) is 6.42 Å². The summed E-state index contributed by atoms with van der Waals surface area (Å²) in [6, 6.07) is 29.0. The first kappa shape index (κ1) is 18.5. The summed E-state index contributed by atoms with van der Waals surface area (Å²) in [6.45, 7) is 1.98. The van der Waals surface area contributed by atoms with Crippen LogP contribution in [0.2, 0.25) is 0 Å². The molecule has 0 fully saturated rings. The third-order valence-electron chi connectivity index (χ3n) is 4.13. The molecule has 0 unspecified atom stereocenters. The van der Waals surface area contributed by atoms with Crippen LogP contribution in [0.15, 0.2) is 102 Å². The van der Waals surface area contributed by atoms with Crippen LogP contribution in [0, 0.1) is 0 Å². The minimum absolute atomic E-state index is 0.237. The number of hydrogen-bond acceptors (Lipinski definition) is 3. The third-order valence-corrected chi connectivity index (χ3v) is 4.13. The Labute approximate surface area is 159 Å². The van der Waals surface area contributed by atoms with Gasteiger partial charge in [0.25, 0.3) is 0 Å². The van der Waals surface area contributed by atoms with Crippen LogP contribution in [-0.4, -0.2) is 5.97 Å². The molecule has 0 aliphatic carbocycles. The summed E-state index contributed by atoms with van der Waals surface area (Å²) < 4.78 is 11.5. The van der Waals surface area contributed by atoms with E-state index in [0.29, 0.717) is 23.5 Å². The Hall–Kier alpha value is -3.33. The van der Waals surface area contributed by atoms with E-state index in [0.717, 1.165) is 11.1 Å². The van der Waals surface area contributed by atoms with Crippen LogP contribution in [0.25, 0.3) is 0 Å². The molecule has 0 saturated heterocycles. The lowest BCUT2D eigenvalue weighted by molar-refractivity contribution is -0.140. The minimum atomic E-state index is -0.374. The molecule has 0 amide bonds. The number of rotatable bonds is 7. The van der Waals surface area contributed by atoms with E-state index in [1.165, 1.54) is 0 Å². The number of carbonyl (C=O) groups is 1. The number of esters is 1. The van der Waals surface area contributed by atoms with Gasteiger partial charge in [-0.15, -0.1) is 0 Å². The lowest BCUT2D eigenvalue weighted by atomic mass is 10.1. The van der Waals surface area contributed by atoms with Crippen LogP contribution >= 0.6 is 0 Å². The zero-order chi connectivity index (χ0) is 18.9. The average Bonchev–Trinajstić information content (AvgIpc) is 2.73. The second kappa shape index (κ2) is 9.39. The van der Waals surface area contributed by atoms with Crippen molar-refractivity contribution in [1.29, 1.82) is 0 Å². The Morgan fingerprint density at radius 3 is 1.85 bits per heavy atom. The maximum atomic E-state index is 12.6. The maximum absolute atomic E-state index is 12.6. The maximum Gasteiger partial charge on any atom is 0.337 e. The van der Waals surface area contributed by atoms with Gasteiger partial charge in [0.2, 0.25) is 0 Å². The van der Waals surface area contributed by atoms with Crippen molar-refractivity contribution >= 4 is 5.97 Å². The highest BCUT2D eigenvalue weighted by Crippen LogP contribution is 2.20. The molecule has 0 aliphatic heterocycles. The topological polar surface area (TPSA) is 35.5 Å². The Kier molecular flexibility index (Phi) is 6.42. The molecule has 0 atom stereocenters. The predicted octanol–water partition coefficient (Wildman–Crippen LogP) is 5.33. The third kappa shape index (κ3) is 5.58. The number of carbonyl (C=O) groups excluding carboxylic acids is 1. The van der Waals surface area contributed by atoms with Crippen molar-refractivity contribution in [3.05, 3.63) is 113 Å². The lowest BCUT2D eigenvalue weighted by Gasteiger charge is -2.14. The molecule has 136 valence electrons. The summed E-state index contributed by atoms with van der Waals surface area (Å²) in [4.78, 5) is 12.6. The molecule has 0 aliphatic rings. The largest absolute Gasteiger partial charge is 0.461 e. The van der Waals surface area contributed by atoms with Gasteiger partial charge in [0.05, 0.1) is 5.57 Å². The Morgan fingerprint density at radius 1 is 0.741 bits per heavy atom. The quantitative estimate of drug-likeness (QED) is 0.325. The van der Waals surface area contributed by atoms with E-state index in [-0.39, 0.29) is 12.6 Å². The lowest BCUT2D eigenvalue weighted by Crippen LogP contribution is -2.12. The number of para-hydroxylation sites is 1. The molecule has 0 aromatic heterocycles. The molecule has 3 aromatic carbocycles. The van der Waals surface area contributed by atoms with Crippen molar-refractivity contribution < 1.29 is 14.3 Å². The van der Waals surface area contributed by atoms with E-state index >= 15 is 0 Å². The smallest absolute Gasteiger partial charge is 0.337 e. The van der Waals surface area contributed by atoms with Gasteiger partial charge < -0.3 is 9.47 Å². The first-order valence-electron chi connectivity index (χ1n) is 8.90. The summed E-state index contributed by atoms with van der Waals surface area (Å²) in [5, 5.41) is 0. The fourth-order valence-corrected chi connectivity index (χ4v) is 2.60. The van der Waals surface area contributed by atoms with Crippen molar-refractivity contribution in [3.63, 3.8) is 0 Å². The van der Waals surface area contributed by atoms with Gasteiger partial charge in [-0.1, -0.05) is 78.9 Å². The van der Waals surface area contributed by atoms with Crippen LogP contribution in [0.4, 0.5) is 0 Å². The molecule has 3 rings (SSSR count). The number of ether oxygens (including phenoxy) is 2. The zero-order valence-electron chi connectivity index (χ0n) is 15.3. The Morgan fingerprint density at radius 2 is 1.26 bits per heavy atom. The van der Waals surface area contributed by atoms with Gasteiger partial charge in [0.15, 0.2) is 0 Å². The van der Waals surface area contributed by atoms with Crippen molar-refractivity contribution in [2.24, 2.45) is 0 Å². The summed E-state index contributed by atoms with van der Waals surface area (Å²) in [7, 11) is 0. The van der Waals surface area contributed by atoms with Gasteiger partial charge in [0.1, 0.15) is 18.1 Å². The Bertz CT molecular complexity index is 841. The first-order chi connectivity index (χ1) is 13.2. The molecule has 0 spiro atoms. The van der Waals surface area contributed by atoms with Gasteiger partial charge in [-0.05, 0) is 30.2 Å². The Balaban J connectivity index is 1.78. The number of benzene rings is 3. The second-order valence-electron chi connectivity index (χ2n) is 6.19.